The van der Waals surface area contributed by atoms with E-state index in [1.54, 1.807) is 37.4 Å². The summed E-state index contributed by atoms with van der Waals surface area (Å²) in [6, 6.07) is 11.1. The maximum atomic E-state index is 12.9. The van der Waals surface area contributed by atoms with Crippen LogP contribution in [0.1, 0.15) is 17.2 Å². The second-order valence-corrected chi connectivity index (χ2v) is 5.34. The van der Waals surface area contributed by atoms with Gasteiger partial charge in [-0.25, -0.2) is 4.39 Å². The molecule has 2 aromatic rings. The Hall–Kier alpha value is -1.43. The zero-order chi connectivity index (χ0) is 15.2. The second kappa shape index (κ2) is 7.54. The van der Waals surface area contributed by atoms with Crippen LogP contribution in [0.4, 0.5) is 4.39 Å². The third-order valence-corrected chi connectivity index (χ3v) is 3.62. The number of benzene rings is 2. The van der Waals surface area contributed by atoms with Gasteiger partial charge >= 0.3 is 0 Å². The number of methoxy groups -OCH3 is 1. The molecule has 0 aromatic heterocycles. The fourth-order valence-electron chi connectivity index (χ4n) is 1.88. The van der Waals surface area contributed by atoms with Crippen LogP contribution in [0.3, 0.4) is 0 Å². The summed E-state index contributed by atoms with van der Waals surface area (Å²) < 4.78 is 24.1. The molecule has 0 saturated heterocycles. The van der Waals surface area contributed by atoms with Crippen molar-refractivity contribution < 1.29 is 19.0 Å². The minimum atomic E-state index is -0.810. The molecule has 0 fully saturated rings. The van der Waals surface area contributed by atoms with Crippen molar-refractivity contribution in [3.63, 3.8) is 0 Å². The summed E-state index contributed by atoms with van der Waals surface area (Å²) in [7, 11) is 1.61. The first-order chi connectivity index (χ1) is 10.1. The Balaban J connectivity index is 2.13. The Bertz CT molecular complexity index is 587. The van der Waals surface area contributed by atoms with Crippen molar-refractivity contribution >= 4 is 15.9 Å². The van der Waals surface area contributed by atoms with Crippen LogP contribution >= 0.6 is 15.9 Å². The highest BCUT2D eigenvalue weighted by atomic mass is 79.9. The van der Waals surface area contributed by atoms with E-state index >= 15 is 0 Å². The molecule has 0 aliphatic rings. The second-order valence-electron chi connectivity index (χ2n) is 4.49. The Morgan fingerprint density at radius 3 is 2.38 bits per heavy atom. The van der Waals surface area contributed by atoms with Crippen LogP contribution in [0.15, 0.2) is 46.9 Å². The van der Waals surface area contributed by atoms with Crippen LogP contribution < -0.4 is 4.74 Å². The molecular weight excluding hydrogens is 339 g/mol. The maximum absolute atomic E-state index is 12.9. The first-order valence-electron chi connectivity index (χ1n) is 6.46. The van der Waals surface area contributed by atoms with Crippen molar-refractivity contribution in [2.75, 3.05) is 20.3 Å². The molecule has 5 heteroatoms. The Kier molecular flexibility index (Phi) is 5.73. The smallest absolute Gasteiger partial charge is 0.133 e. The average Bonchev–Trinajstić information content (AvgIpc) is 2.49. The van der Waals surface area contributed by atoms with Crippen LogP contribution in [0, 0.1) is 5.82 Å². The Labute approximate surface area is 131 Å². The van der Waals surface area contributed by atoms with Crippen molar-refractivity contribution in [3.8, 4) is 5.75 Å². The Morgan fingerprint density at radius 1 is 1.10 bits per heavy atom. The number of aliphatic hydroxyl groups excluding tert-OH is 1. The fourth-order valence-corrected chi connectivity index (χ4v) is 2.39. The molecule has 3 nitrogen and oxygen atoms in total. The lowest BCUT2D eigenvalue weighted by atomic mass is 10.0. The van der Waals surface area contributed by atoms with Gasteiger partial charge in [-0.2, -0.15) is 0 Å². The number of rotatable bonds is 6. The highest BCUT2D eigenvalue weighted by Gasteiger charge is 2.12. The molecule has 0 saturated carbocycles. The van der Waals surface area contributed by atoms with Crippen molar-refractivity contribution in [3.05, 3.63) is 63.9 Å². The first kappa shape index (κ1) is 15.9. The summed E-state index contributed by atoms with van der Waals surface area (Å²) in [5.74, 6) is 0.358. The molecule has 1 atom stereocenters. The van der Waals surface area contributed by atoms with Crippen LogP contribution in [0.25, 0.3) is 0 Å². The van der Waals surface area contributed by atoms with E-state index < -0.39 is 6.10 Å². The molecule has 2 rings (SSSR count). The fraction of sp³-hybridized carbons (Fsp3) is 0.250. The van der Waals surface area contributed by atoms with E-state index in [1.807, 2.05) is 0 Å². The van der Waals surface area contributed by atoms with Crippen molar-refractivity contribution in [1.29, 1.82) is 0 Å². The minimum Gasteiger partial charge on any atom is -0.490 e. The summed E-state index contributed by atoms with van der Waals surface area (Å²) >= 11 is 3.41. The molecule has 21 heavy (non-hydrogen) atoms. The van der Waals surface area contributed by atoms with E-state index in [0.717, 1.165) is 4.47 Å². The average molecular weight is 355 g/mol. The van der Waals surface area contributed by atoms with Gasteiger partial charge in [-0.15, -0.1) is 0 Å². The van der Waals surface area contributed by atoms with E-state index in [-0.39, 0.29) is 5.82 Å². The molecular formula is C16H16BrFO3. The highest BCUT2D eigenvalue weighted by molar-refractivity contribution is 9.10. The molecule has 0 spiro atoms. The van der Waals surface area contributed by atoms with Gasteiger partial charge in [0.1, 0.15) is 24.3 Å². The van der Waals surface area contributed by atoms with Crippen molar-refractivity contribution in [2.45, 2.75) is 6.10 Å². The van der Waals surface area contributed by atoms with Gasteiger partial charge in [0, 0.05) is 7.11 Å². The maximum Gasteiger partial charge on any atom is 0.133 e. The molecule has 112 valence electrons. The Morgan fingerprint density at radius 2 is 1.76 bits per heavy atom. The van der Waals surface area contributed by atoms with E-state index in [0.29, 0.717) is 30.1 Å². The van der Waals surface area contributed by atoms with Gasteiger partial charge in [-0.05, 0) is 51.3 Å². The molecule has 1 N–H and O–H groups in total. The number of halogens is 2. The molecule has 0 radical (unpaired) electrons. The number of hydrogen-bond acceptors (Lipinski definition) is 3. The molecule has 0 heterocycles. The van der Waals surface area contributed by atoms with Gasteiger partial charge in [0.25, 0.3) is 0 Å². The van der Waals surface area contributed by atoms with Gasteiger partial charge in [0.2, 0.25) is 0 Å². The summed E-state index contributed by atoms with van der Waals surface area (Å²) in [4.78, 5) is 0. The lowest BCUT2D eigenvalue weighted by Gasteiger charge is -2.14. The number of ether oxygens (including phenoxy) is 2. The van der Waals surface area contributed by atoms with Crippen LogP contribution in [-0.4, -0.2) is 25.4 Å². The topological polar surface area (TPSA) is 38.7 Å². The molecule has 0 aliphatic carbocycles. The van der Waals surface area contributed by atoms with E-state index in [4.69, 9.17) is 9.47 Å². The predicted octanol–water partition coefficient (Wildman–Crippen LogP) is 3.70. The molecule has 0 bridgehead atoms. The van der Waals surface area contributed by atoms with Crippen molar-refractivity contribution in [1.82, 2.24) is 0 Å². The van der Waals surface area contributed by atoms with Gasteiger partial charge in [0.15, 0.2) is 0 Å². The summed E-state index contributed by atoms with van der Waals surface area (Å²) in [6.07, 6.45) is -0.810. The molecule has 1 unspecified atom stereocenters. The first-order valence-corrected chi connectivity index (χ1v) is 7.26. The number of aliphatic hydroxyl groups is 1. The standard InChI is InChI=1S/C16H16BrFO3/c1-20-8-9-21-15-7-4-12(10-14(15)17)16(19)11-2-5-13(18)6-3-11/h2-7,10,16,19H,8-9H2,1H3. The summed E-state index contributed by atoms with van der Waals surface area (Å²) in [6.45, 7) is 0.960. The summed E-state index contributed by atoms with van der Waals surface area (Å²) in [5.41, 5.74) is 1.34. The van der Waals surface area contributed by atoms with Crippen LogP contribution in [0.2, 0.25) is 0 Å². The third-order valence-electron chi connectivity index (χ3n) is 3.00. The van der Waals surface area contributed by atoms with Crippen molar-refractivity contribution in [2.24, 2.45) is 0 Å². The quantitative estimate of drug-likeness (QED) is 0.804. The third kappa shape index (κ3) is 4.27. The SMILES string of the molecule is COCCOc1ccc(C(O)c2ccc(F)cc2)cc1Br. The van der Waals surface area contributed by atoms with Gasteiger partial charge in [-0.3, -0.25) is 0 Å². The van der Waals surface area contributed by atoms with Crippen LogP contribution in [-0.2, 0) is 4.74 Å². The largest absolute Gasteiger partial charge is 0.490 e. The van der Waals surface area contributed by atoms with E-state index in [1.165, 1.54) is 12.1 Å². The molecule has 0 amide bonds. The lowest BCUT2D eigenvalue weighted by molar-refractivity contribution is 0.146. The highest BCUT2D eigenvalue weighted by Crippen LogP contribution is 2.30. The monoisotopic (exact) mass is 354 g/mol. The van der Waals surface area contributed by atoms with E-state index in [9.17, 15) is 9.50 Å². The lowest BCUT2D eigenvalue weighted by Crippen LogP contribution is -2.05. The molecule has 0 aliphatic heterocycles. The summed E-state index contributed by atoms with van der Waals surface area (Å²) in [5, 5.41) is 10.3. The van der Waals surface area contributed by atoms with Gasteiger partial charge in [0.05, 0.1) is 11.1 Å². The van der Waals surface area contributed by atoms with Crippen LogP contribution in [0.5, 0.6) is 5.75 Å². The predicted molar refractivity (Wildman–Crippen MR) is 82.0 cm³/mol. The molecule has 2 aromatic carbocycles. The minimum absolute atomic E-state index is 0.325. The number of hydrogen-bond donors (Lipinski definition) is 1. The van der Waals surface area contributed by atoms with Gasteiger partial charge < -0.3 is 14.6 Å². The van der Waals surface area contributed by atoms with Gasteiger partial charge in [-0.1, -0.05) is 18.2 Å². The zero-order valence-electron chi connectivity index (χ0n) is 11.6. The van der Waals surface area contributed by atoms with E-state index in [2.05, 4.69) is 15.9 Å². The normalized spacial score (nSPS) is 12.2. The zero-order valence-corrected chi connectivity index (χ0v) is 13.1.